The van der Waals surface area contributed by atoms with Crippen LogP contribution in [0.4, 0.5) is 0 Å². The Kier molecular flexibility index (Phi) is 5.85. The second-order valence-electron chi connectivity index (χ2n) is 6.66. The van der Waals surface area contributed by atoms with Crippen LogP contribution in [-0.2, 0) is 4.79 Å². The maximum Gasteiger partial charge on any atom is 0.221 e. The fourth-order valence-corrected chi connectivity index (χ4v) is 3.69. The highest BCUT2D eigenvalue weighted by atomic mass is 16.1. The van der Waals surface area contributed by atoms with Crippen LogP contribution in [0.1, 0.15) is 58.3 Å². The molecule has 1 amide bonds. The lowest BCUT2D eigenvalue weighted by Crippen LogP contribution is -2.49. The van der Waals surface area contributed by atoms with Crippen molar-refractivity contribution in [2.45, 2.75) is 69.9 Å². The highest BCUT2D eigenvalue weighted by molar-refractivity contribution is 5.77. The lowest BCUT2D eigenvalue weighted by Gasteiger charge is -2.37. The zero-order valence-electron chi connectivity index (χ0n) is 13.2. The van der Waals surface area contributed by atoms with Gasteiger partial charge in [0.1, 0.15) is 0 Å². The predicted octanol–water partition coefficient (Wildman–Crippen LogP) is 1.90. The van der Waals surface area contributed by atoms with Gasteiger partial charge in [0, 0.05) is 24.5 Å². The van der Waals surface area contributed by atoms with E-state index in [-0.39, 0.29) is 11.4 Å². The van der Waals surface area contributed by atoms with Gasteiger partial charge in [0.15, 0.2) is 0 Å². The number of likely N-dealkylation sites (tertiary alicyclic amines) is 1. The molecule has 0 aromatic rings. The standard InChI is InChI=1S/C16H31N3O/c1-14(19-10-6-7-11-19)13-18-15(20)12-16(17-2)8-4-3-5-9-16/h14,17H,3-13H2,1-2H3,(H,18,20). The summed E-state index contributed by atoms with van der Waals surface area (Å²) >= 11 is 0. The number of carbonyl (C=O) groups is 1. The third-order valence-corrected chi connectivity index (χ3v) is 5.20. The van der Waals surface area contributed by atoms with Gasteiger partial charge >= 0.3 is 0 Å². The molecule has 0 bridgehead atoms. The monoisotopic (exact) mass is 281 g/mol. The van der Waals surface area contributed by atoms with Crippen LogP contribution in [0.25, 0.3) is 0 Å². The summed E-state index contributed by atoms with van der Waals surface area (Å²) in [5.41, 5.74) is 0.0548. The van der Waals surface area contributed by atoms with Crippen molar-refractivity contribution < 1.29 is 4.79 Å². The molecule has 1 unspecified atom stereocenters. The molecule has 1 aliphatic heterocycles. The van der Waals surface area contributed by atoms with Crippen molar-refractivity contribution in [1.82, 2.24) is 15.5 Å². The topological polar surface area (TPSA) is 44.4 Å². The third-order valence-electron chi connectivity index (χ3n) is 5.20. The molecule has 0 aromatic heterocycles. The minimum absolute atomic E-state index is 0.0548. The van der Waals surface area contributed by atoms with Crippen molar-refractivity contribution in [2.75, 3.05) is 26.7 Å². The van der Waals surface area contributed by atoms with E-state index in [1.54, 1.807) is 0 Å². The maximum absolute atomic E-state index is 12.2. The first-order valence-corrected chi connectivity index (χ1v) is 8.35. The average Bonchev–Trinajstić information content (AvgIpc) is 3.00. The van der Waals surface area contributed by atoms with Gasteiger partial charge in [0.2, 0.25) is 5.91 Å². The molecule has 4 heteroatoms. The van der Waals surface area contributed by atoms with Crippen LogP contribution in [0.5, 0.6) is 0 Å². The van der Waals surface area contributed by atoms with Gasteiger partial charge in [-0.25, -0.2) is 0 Å². The summed E-state index contributed by atoms with van der Waals surface area (Å²) in [5, 5.41) is 6.56. The Morgan fingerprint density at radius 3 is 2.40 bits per heavy atom. The van der Waals surface area contributed by atoms with E-state index in [1.165, 1.54) is 45.2 Å². The molecule has 2 aliphatic rings. The fourth-order valence-electron chi connectivity index (χ4n) is 3.69. The number of hydrogen-bond donors (Lipinski definition) is 2. The molecule has 1 saturated heterocycles. The van der Waals surface area contributed by atoms with E-state index in [0.29, 0.717) is 12.5 Å². The Morgan fingerprint density at radius 1 is 1.15 bits per heavy atom. The quantitative estimate of drug-likeness (QED) is 0.781. The molecule has 20 heavy (non-hydrogen) atoms. The lowest BCUT2D eigenvalue weighted by molar-refractivity contribution is -0.123. The van der Waals surface area contributed by atoms with Crippen LogP contribution < -0.4 is 10.6 Å². The minimum Gasteiger partial charge on any atom is -0.354 e. The first-order valence-electron chi connectivity index (χ1n) is 8.35. The third kappa shape index (κ3) is 4.19. The van der Waals surface area contributed by atoms with Crippen molar-refractivity contribution in [3.05, 3.63) is 0 Å². The molecule has 116 valence electrons. The van der Waals surface area contributed by atoms with Crippen LogP contribution in [0.3, 0.4) is 0 Å². The molecule has 0 radical (unpaired) electrons. The van der Waals surface area contributed by atoms with E-state index >= 15 is 0 Å². The van der Waals surface area contributed by atoms with Crippen LogP contribution in [0.15, 0.2) is 0 Å². The normalized spacial score (nSPS) is 24.5. The number of nitrogens with zero attached hydrogens (tertiary/aromatic N) is 1. The average molecular weight is 281 g/mol. The highest BCUT2D eigenvalue weighted by Gasteiger charge is 2.32. The highest BCUT2D eigenvalue weighted by Crippen LogP contribution is 2.30. The SMILES string of the molecule is CNC1(CC(=O)NCC(C)N2CCCC2)CCCCC1. The number of amides is 1. The molecule has 0 spiro atoms. The predicted molar refractivity (Wildman–Crippen MR) is 82.8 cm³/mol. The molecule has 2 N–H and O–H groups in total. The number of rotatable bonds is 6. The van der Waals surface area contributed by atoms with Crippen LogP contribution in [0, 0.1) is 0 Å². The Balaban J connectivity index is 1.73. The van der Waals surface area contributed by atoms with Crippen molar-refractivity contribution in [2.24, 2.45) is 0 Å². The minimum atomic E-state index is 0.0548. The van der Waals surface area contributed by atoms with Crippen molar-refractivity contribution in [1.29, 1.82) is 0 Å². The fraction of sp³-hybridized carbons (Fsp3) is 0.938. The van der Waals surface area contributed by atoms with Crippen LogP contribution in [0.2, 0.25) is 0 Å². The molecule has 2 rings (SSSR count). The first-order chi connectivity index (χ1) is 9.65. The molecule has 0 aromatic carbocycles. The zero-order chi connectivity index (χ0) is 14.4. The van der Waals surface area contributed by atoms with Gasteiger partial charge in [-0.2, -0.15) is 0 Å². The molecular weight excluding hydrogens is 250 g/mol. The van der Waals surface area contributed by atoms with Gasteiger partial charge in [0.05, 0.1) is 0 Å². The second-order valence-corrected chi connectivity index (χ2v) is 6.66. The van der Waals surface area contributed by atoms with Crippen molar-refractivity contribution in [3.8, 4) is 0 Å². The van der Waals surface area contributed by atoms with E-state index < -0.39 is 0 Å². The van der Waals surface area contributed by atoms with E-state index in [2.05, 4.69) is 22.5 Å². The summed E-state index contributed by atoms with van der Waals surface area (Å²) in [7, 11) is 2.01. The van der Waals surface area contributed by atoms with Crippen LogP contribution in [-0.4, -0.2) is 49.1 Å². The number of carbonyl (C=O) groups excluding carboxylic acids is 1. The number of hydrogen-bond acceptors (Lipinski definition) is 3. The summed E-state index contributed by atoms with van der Waals surface area (Å²) < 4.78 is 0. The van der Waals surface area contributed by atoms with Gasteiger partial charge in [-0.1, -0.05) is 19.3 Å². The lowest BCUT2D eigenvalue weighted by atomic mass is 9.79. The molecule has 4 nitrogen and oxygen atoms in total. The van der Waals surface area contributed by atoms with E-state index in [0.717, 1.165) is 19.4 Å². The van der Waals surface area contributed by atoms with Crippen LogP contribution >= 0.6 is 0 Å². The van der Waals surface area contributed by atoms with Gasteiger partial charge in [-0.15, -0.1) is 0 Å². The summed E-state index contributed by atoms with van der Waals surface area (Å²) in [6.07, 6.45) is 9.34. The van der Waals surface area contributed by atoms with Gasteiger partial charge in [0.25, 0.3) is 0 Å². The smallest absolute Gasteiger partial charge is 0.221 e. The summed E-state index contributed by atoms with van der Waals surface area (Å²) in [6, 6.07) is 0.471. The molecule has 1 saturated carbocycles. The largest absolute Gasteiger partial charge is 0.354 e. The van der Waals surface area contributed by atoms with Gasteiger partial charge < -0.3 is 10.6 Å². The summed E-state index contributed by atoms with van der Waals surface area (Å²) in [6.45, 7) is 5.40. The van der Waals surface area contributed by atoms with Gasteiger partial charge in [-0.3, -0.25) is 9.69 Å². The Labute approximate surface area is 123 Å². The maximum atomic E-state index is 12.2. The van der Waals surface area contributed by atoms with Crippen molar-refractivity contribution >= 4 is 5.91 Å². The molecule has 1 heterocycles. The van der Waals surface area contributed by atoms with Crippen molar-refractivity contribution in [3.63, 3.8) is 0 Å². The Morgan fingerprint density at radius 2 is 1.80 bits per heavy atom. The molecule has 1 atom stereocenters. The van der Waals surface area contributed by atoms with Gasteiger partial charge in [-0.05, 0) is 52.7 Å². The van der Waals surface area contributed by atoms with E-state index in [4.69, 9.17) is 0 Å². The Hall–Kier alpha value is -0.610. The molecular formula is C16H31N3O. The first kappa shape index (κ1) is 15.8. The van der Waals surface area contributed by atoms with E-state index in [1.807, 2.05) is 7.05 Å². The number of nitrogens with one attached hydrogen (secondary N) is 2. The zero-order valence-corrected chi connectivity index (χ0v) is 13.2. The molecule has 1 aliphatic carbocycles. The summed E-state index contributed by atoms with van der Waals surface area (Å²) in [4.78, 5) is 14.7. The van der Waals surface area contributed by atoms with E-state index in [9.17, 15) is 4.79 Å². The molecule has 2 fully saturated rings. The summed E-state index contributed by atoms with van der Waals surface area (Å²) in [5.74, 6) is 0.215. The Bertz CT molecular complexity index is 307. The second kappa shape index (κ2) is 7.41.